The number of amides is 1. The number of rotatable bonds is 61. The van der Waals surface area contributed by atoms with Gasteiger partial charge in [0.15, 0.2) is 0 Å². The van der Waals surface area contributed by atoms with Crippen LogP contribution < -0.4 is 5.32 Å². The topological polar surface area (TPSA) is 89.8 Å². The molecule has 3 unspecified atom stereocenters. The number of allylic oxidation sites excluding steroid dienone is 4. The number of aliphatic hydroxyl groups is 3. The van der Waals surface area contributed by atoms with Crippen LogP contribution in [-0.4, -0.2) is 46.1 Å². The van der Waals surface area contributed by atoms with E-state index in [0.29, 0.717) is 12.8 Å². The van der Waals surface area contributed by atoms with Gasteiger partial charge in [-0.1, -0.05) is 346 Å². The Bertz CT molecular complexity index is 1060. The lowest BCUT2D eigenvalue weighted by atomic mass is 10.0. The van der Waals surface area contributed by atoms with Crippen molar-refractivity contribution in [3.05, 3.63) is 24.3 Å². The van der Waals surface area contributed by atoms with Crippen LogP contribution in [0, 0.1) is 0 Å². The van der Waals surface area contributed by atoms with Crippen LogP contribution in [0.5, 0.6) is 0 Å². The Hall–Kier alpha value is -1.17. The first-order valence-electron chi connectivity index (χ1n) is 32.6. The van der Waals surface area contributed by atoms with E-state index in [1.54, 1.807) is 0 Å². The highest BCUT2D eigenvalue weighted by Gasteiger charge is 2.23. The lowest BCUT2D eigenvalue weighted by Gasteiger charge is -2.23. The Morgan fingerprint density at radius 2 is 0.577 bits per heavy atom. The number of carbonyl (C=O) groups is 1. The fourth-order valence-corrected chi connectivity index (χ4v) is 10.5. The van der Waals surface area contributed by atoms with Gasteiger partial charge in [0.25, 0.3) is 0 Å². The van der Waals surface area contributed by atoms with Crippen molar-refractivity contribution in [3.8, 4) is 0 Å². The molecule has 71 heavy (non-hydrogen) atoms. The predicted octanol–water partition coefficient (Wildman–Crippen LogP) is 20.8. The Kier molecular flexibility index (Phi) is 60.4. The fourth-order valence-electron chi connectivity index (χ4n) is 10.5. The standard InChI is InChI=1S/C66H129NO4/c1-3-5-7-9-11-13-15-17-19-21-23-25-27-28-29-30-31-32-33-34-35-36-37-39-41-43-45-47-49-51-53-55-57-59-61-65(70)66(71)67-63(62-68)64(69)60-58-56-54-52-50-48-46-44-42-40-38-26-24-22-20-18-16-14-12-10-8-6-4-2/h27-28,30-31,63-65,68-70H,3-26,29,32-62H2,1-2H3,(H,67,71)/b28-27-,31-30-. The summed E-state index contributed by atoms with van der Waals surface area (Å²) >= 11 is 0. The normalized spacial score (nSPS) is 13.3. The summed E-state index contributed by atoms with van der Waals surface area (Å²) in [5, 5.41) is 33.7. The summed E-state index contributed by atoms with van der Waals surface area (Å²) in [5.74, 6) is -0.464. The Balaban J connectivity index is 3.48. The monoisotopic (exact) mass is 1000 g/mol. The molecule has 0 radical (unpaired) electrons. The van der Waals surface area contributed by atoms with Crippen LogP contribution >= 0.6 is 0 Å². The van der Waals surface area contributed by atoms with Gasteiger partial charge in [0.05, 0.1) is 18.8 Å². The molecule has 0 rings (SSSR count). The molecule has 4 N–H and O–H groups in total. The van der Waals surface area contributed by atoms with E-state index in [0.717, 1.165) is 38.5 Å². The van der Waals surface area contributed by atoms with Gasteiger partial charge in [-0.25, -0.2) is 0 Å². The summed E-state index contributed by atoms with van der Waals surface area (Å²) < 4.78 is 0. The number of hydrogen-bond donors (Lipinski definition) is 4. The lowest BCUT2D eigenvalue weighted by molar-refractivity contribution is -0.131. The number of carbonyl (C=O) groups excluding carboxylic acids is 1. The SMILES string of the molecule is CCCCCCCCCCCCC/C=C\C/C=C\CCCCCCCCCCCCCCCCCCC(O)C(=O)NC(CO)C(O)CCCCCCCCCCCCCCCCCCCCCCCCC. The minimum atomic E-state index is -1.07. The zero-order valence-corrected chi connectivity index (χ0v) is 48.4. The van der Waals surface area contributed by atoms with Crippen molar-refractivity contribution in [3.63, 3.8) is 0 Å². The molecule has 0 aromatic carbocycles. The molecule has 5 nitrogen and oxygen atoms in total. The van der Waals surface area contributed by atoms with Crippen molar-refractivity contribution in [2.24, 2.45) is 0 Å². The van der Waals surface area contributed by atoms with Crippen molar-refractivity contribution in [2.75, 3.05) is 6.61 Å². The summed E-state index contributed by atoms with van der Waals surface area (Å²) in [6.07, 6.45) is 79.8. The number of nitrogens with one attached hydrogen (secondary N) is 1. The third-order valence-electron chi connectivity index (χ3n) is 15.6. The molecule has 0 spiro atoms. The maximum absolute atomic E-state index is 12.6. The molecule has 0 fully saturated rings. The van der Waals surface area contributed by atoms with Gasteiger partial charge in [-0.15, -0.1) is 0 Å². The average molecular weight is 1000 g/mol. The van der Waals surface area contributed by atoms with Gasteiger partial charge in [0.2, 0.25) is 5.91 Å². The van der Waals surface area contributed by atoms with Gasteiger partial charge in [-0.05, 0) is 44.9 Å². The Morgan fingerprint density at radius 3 is 0.845 bits per heavy atom. The molecule has 5 heteroatoms. The summed E-state index contributed by atoms with van der Waals surface area (Å²) in [6, 6.07) is -0.712. The van der Waals surface area contributed by atoms with E-state index in [9.17, 15) is 20.1 Å². The number of hydrogen-bond acceptors (Lipinski definition) is 4. The highest BCUT2D eigenvalue weighted by atomic mass is 16.3. The van der Waals surface area contributed by atoms with Crippen molar-refractivity contribution in [1.82, 2.24) is 5.32 Å². The largest absolute Gasteiger partial charge is 0.394 e. The molecule has 0 aromatic heterocycles. The average Bonchev–Trinajstić information content (AvgIpc) is 3.38. The molecule has 1 amide bonds. The third kappa shape index (κ3) is 56.4. The third-order valence-corrected chi connectivity index (χ3v) is 15.6. The van der Waals surface area contributed by atoms with Crippen LogP contribution in [-0.2, 0) is 4.79 Å². The molecular formula is C66H129NO4. The van der Waals surface area contributed by atoms with Gasteiger partial charge in [0.1, 0.15) is 6.10 Å². The number of aliphatic hydroxyl groups excluding tert-OH is 3. The maximum Gasteiger partial charge on any atom is 0.249 e. The summed E-state index contributed by atoms with van der Waals surface area (Å²) in [7, 11) is 0. The highest BCUT2D eigenvalue weighted by Crippen LogP contribution is 2.19. The number of unbranched alkanes of at least 4 members (excludes halogenated alkanes) is 49. The molecule has 0 saturated heterocycles. The first-order valence-corrected chi connectivity index (χ1v) is 32.6. The smallest absolute Gasteiger partial charge is 0.249 e. The molecule has 0 bridgehead atoms. The molecular weight excluding hydrogens is 871 g/mol. The van der Waals surface area contributed by atoms with E-state index in [1.807, 2.05) is 0 Å². The van der Waals surface area contributed by atoms with Crippen LogP contribution in [0.3, 0.4) is 0 Å². The lowest BCUT2D eigenvalue weighted by Crippen LogP contribution is -2.49. The molecule has 0 aliphatic heterocycles. The van der Waals surface area contributed by atoms with E-state index in [1.165, 1.54) is 302 Å². The van der Waals surface area contributed by atoms with Crippen LogP contribution in [0.4, 0.5) is 0 Å². The second kappa shape index (κ2) is 61.4. The molecule has 422 valence electrons. The second-order valence-corrected chi connectivity index (χ2v) is 22.7. The summed E-state index contributed by atoms with van der Waals surface area (Å²) in [6.45, 7) is 4.28. The van der Waals surface area contributed by atoms with E-state index >= 15 is 0 Å². The molecule has 0 aliphatic carbocycles. The highest BCUT2D eigenvalue weighted by molar-refractivity contribution is 5.80. The van der Waals surface area contributed by atoms with Crippen LogP contribution in [0.25, 0.3) is 0 Å². The molecule has 0 heterocycles. The minimum Gasteiger partial charge on any atom is -0.394 e. The first kappa shape index (κ1) is 69.8. The van der Waals surface area contributed by atoms with Crippen molar-refractivity contribution < 1.29 is 20.1 Å². The molecule has 0 saturated carbocycles. The second-order valence-electron chi connectivity index (χ2n) is 22.7. The quantitative estimate of drug-likeness (QED) is 0.0361. The van der Waals surface area contributed by atoms with Crippen LogP contribution in [0.15, 0.2) is 24.3 Å². The van der Waals surface area contributed by atoms with E-state index in [4.69, 9.17) is 0 Å². The van der Waals surface area contributed by atoms with Gasteiger partial charge in [-0.3, -0.25) is 4.79 Å². The van der Waals surface area contributed by atoms with Gasteiger partial charge < -0.3 is 20.6 Å². The fraction of sp³-hybridized carbons (Fsp3) is 0.924. The summed E-state index contributed by atoms with van der Waals surface area (Å²) in [5.41, 5.74) is 0. The van der Waals surface area contributed by atoms with Crippen LogP contribution in [0.2, 0.25) is 0 Å². The van der Waals surface area contributed by atoms with E-state index in [-0.39, 0.29) is 6.61 Å². The maximum atomic E-state index is 12.6. The Labute approximate surface area is 445 Å². The Morgan fingerprint density at radius 1 is 0.338 bits per heavy atom. The minimum absolute atomic E-state index is 0.310. The van der Waals surface area contributed by atoms with Crippen molar-refractivity contribution in [1.29, 1.82) is 0 Å². The molecule has 3 atom stereocenters. The van der Waals surface area contributed by atoms with Crippen molar-refractivity contribution in [2.45, 2.75) is 385 Å². The van der Waals surface area contributed by atoms with Gasteiger partial charge in [0, 0.05) is 0 Å². The molecule has 0 aromatic rings. The first-order chi connectivity index (χ1) is 35.1. The zero-order valence-electron chi connectivity index (χ0n) is 48.4. The van der Waals surface area contributed by atoms with Crippen molar-refractivity contribution >= 4 is 5.91 Å². The van der Waals surface area contributed by atoms with Crippen LogP contribution in [0.1, 0.15) is 367 Å². The van der Waals surface area contributed by atoms with Gasteiger partial charge in [-0.2, -0.15) is 0 Å². The molecule has 0 aliphatic rings. The van der Waals surface area contributed by atoms with E-state index < -0.39 is 24.2 Å². The predicted molar refractivity (Wildman–Crippen MR) is 315 cm³/mol. The summed E-state index contributed by atoms with van der Waals surface area (Å²) in [4.78, 5) is 12.6. The zero-order chi connectivity index (χ0) is 51.4. The van der Waals surface area contributed by atoms with E-state index in [2.05, 4.69) is 43.5 Å². The van der Waals surface area contributed by atoms with Gasteiger partial charge >= 0.3 is 0 Å².